The van der Waals surface area contributed by atoms with Crippen molar-refractivity contribution in [3.63, 3.8) is 0 Å². The van der Waals surface area contributed by atoms with Crippen LogP contribution < -0.4 is 15.8 Å². The predicted molar refractivity (Wildman–Crippen MR) is 100 cm³/mol. The van der Waals surface area contributed by atoms with E-state index in [2.05, 4.69) is 20.5 Å². The number of methoxy groups -OCH3 is 1. The van der Waals surface area contributed by atoms with Crippen LogP contribution in [0.15, 0.2) is 23.4 Å². The first-order chi connectivity index (χ1) is 12.5. The second kappa shape index (κ2) is 7.59. The van der Waals surface area contributed by atoms with Gasteiger partial charge in [0.25, 0.3) is 0 Å². The lowest BCUT2D eigenvalue weighted by atomic mass is 10.3. The second-order valence-electron chi connectivity index (χ2n) is 5.18. The SMILES string of the molecule is COc1ccc2nc(NC(=O)C(C)n3c(N)nnc3SCC#N)sc2c1. The Bertz CT molecular complexity index is 992. The number of nitrogens with zero attached hydrogens (tertiary/aromatic N) is 5. The molecule has 0 aliphatic rings. The minimum Gasteiger partial charge on any atom is -0.497 e. The third kappa shape index (κ3) is 3.56. The summed E-state index contributed by atoms with van der Waals surface area (Å²) >= 11 is 2.52. The largest absolute Gasteiger partial charge is 0.497 e. The van der Waals surface area contributed by atoms with Gasteiger partial charge >= 0.3 is 0 Å². The Hall–Kier alpha value is -2.84. The molecule has 3 aromatic rings. The zero-order chi connectivity index (χ0) is 18.7. The number of thiazole rings is 1. The molecule has 1 amide bonds. The number of rotatable bonds is 6. The van der Waals surface area contributed by atoms with Gasteiger partial charge in [-0.05, 0) is 25.1 Å². The van der Waals surface area contributed by atoms with E-state index in [0.717, 1.165) is 16.0 Å². The van der Waals surface area contributed by atoms with E-state index in [0.29, 0.717) is 10.3 Å². The van der Waals surface area contributed by atoms with Crippen LogP contribution in [0.4, 0.5) is 11.1 Å². The van der Waals surface area contributed by atoms with Gasteiger partial charge in [0.15, 0.2) is 10.3 Å². The number of thioether (sulfide) groups is 1. The highest BCUT2D eigenvalue weighted by Gasteiger charge is 2.23. The van der Waals surface area contributed by atoms with Gasteiger partial charge in [-0.15, -0.1) is 10.2 Å². The van der Waals surface area contributed by atoms with Crippen molar-refractivity contribution in [2.45, 2.75) is 18.1 Å². The number of anilines is 2. The summed E-state index contributed by atoms with van der Waals surface area (Å²) in [5.41, 5.74) is 6.60. The van der Waals surface area contributed by atoms with Crippen LogP contribution in [0.3, 0.4) is 0 Å². The molecular formula is C15H15N7O2S2. The maximum Gasteiger partial charge on any atom is 0.249 e. The standard InChI is InChI=1S/C15H15N7O2S2/c1-8(22-13(17)20-21-15(22)25-6-5-16)12(23)19-14-18-10-4-3-9(24-2)7-11(10)26-14/h3-4,7-8H,6H2,1-2H3,(H2,17,20)(H,18,19,23). The lowest BCUT2D eigenvalue weighted by Gasteiger charge is -2.14. The Morgan fingerprint density at radius 2 is 2.35 bits per heavy atom. The number of carbonyl (C=O) groups excluding carboxylic acids is 1. The predicted octanol–water partition coefficient (Wildman–Crippen LogP) is 2.29. The molecule has 3 rings (SSSR count). The number of ether oxygens (including phenoxy) is 1. The fraction of sp³-hybridized carbons (Fsp3) is 0.267. The number of nitriles is 1. The Balaban J connectivity index is 1.80. The zero-order valence-corrected chi connectivity index (χ0v) is 15.6. The molecule has 0 spiro atoms. The summed E-state index contributed by atoms with van der Waals surface area (Å²) in [5, 5.41) is 20.1. The van der Waals surface area contributed by atoms with Crippen LogP contribution in [-0.2, 0) is 4.79 Å². The molecule has 0 bridgehead atoms. The smallest absolute Gasteiger partial charge is 0.249 e. The van der Waals surface area contributed by atoms with E-state index in [1.807, 2.05) is 24.3 Å². The molecule has 0 saturated carbocycles. The van der Waals surface area contributed by atoms with Crippen LogP contribution in [0.25, 0.3) is 10.2 Å². The van der Waals surface area contributed by atoms with Crippen molar-refractivity contribution in [2.24, 2.45) is 0 Å². The number of amides is 1. The summed E-state index contributed by atoms with van der Waals surface area (Å²) < 4.78 is 7.59. The molecule has 1 unspecified atom stereocenters. The Morgan fingerprint density at radius 3 is 3.08 bits per heavy atom. The Morgan fingerprint density at radius 1 is 1.54 bits per heavy atom. The molecule has 134 valence electrons. The summed E-state index contributed by atoms with van der Waals surface area (Å²) in [6.45, 7) is 1.68. The Labute approximate surface area is 157 Å². The first-order valence-electron chi connectivity index (χ1n) is 7.49. The molecule has 2 aromatic heterocycles. The van der Waals surface area contributed by atoms with Gasteiger partial charge in [0, 0.05) is 0 Å². The Kier molecular flexibility index (Phi) is 5.24. The summed E-state index contributed by atoms with van der Waals surface area (Å²) in [7, 11) is 1.60. The topological polar surface area (TPSA) is 132 Å². The molecule has 26 heavy (non-hydrogen) atoms. The minimum absolute atomic E-state index is 0.113. The van der Waals surface area contributed by atoms with Crippen molar-refractivity contribution < 1.29 is 9.53 Å². The van der Waals surface area contributed by atoms with Gasteiger partial charge in [0.2, 0.25) is 11.9 Å². The van der Waals surface area contributed by atoms with Gasteiger partial charge in [0.05, 0.1) is 29.1 Å². The van der Waals surface area contributed by atoms with Gasteiger partial charge in [0.1, 0.15) is 11.8 Å². The molecule has 9 nitrogen and oxygen atoms in total. The first-order valence-corrected chi connectivity index (χ1v) is 9.29. The molecule has 3 N–H and O–H groups in total. The van der Waals surface area contributed by atoms with Gasteiger partial charge in [-0.3, -0.25) is 9.36 Å². The molecule has 0 aliphatic heterocycles. The highest BCUT2D eigenvalue weighted by Crippen LogP contribution is 2.30. The van der Waals surface area contributed by atoms with Gasteiger partial charge in [-0.25, -0.2) is 4.98 Å². The molecule has 1 atom stereocenters. The van der Waals surface area contributed by atoms with Crippen molar-refractivity contribution in [1.29, 1.82) is 5.26 Å². The highest BCUT2D eigenvalue weighted by molar-refractivity contribution is 7.99. The van der Waals surface area contributed by atoms with E-state index in [9.17, 15) is 4.79 Å². The van der Waals surface area contributed by atoms with E-state index < -0.39 is 6.04 Å². The van der Waals surface area contributed by atoms with Crippen LogP contribution in [0.1, 0.15) is 13.0 Å². The molecule has 0 fully saturated rings. The molecule has 11 heteroatoms. The average Bonchev–Trinajstić information content (AvgIpc) is 3.20. The maximum absolute atomic E-state index is 12.6. The number of hydrogen-bond acceptors (Lipinski definition) is 9. The number of nitrogens with two attached hydrogens (primary N) is 1. The van der Waals surface area contributed by atoms with Gasteiger partial charge in [-0.1, -0.05) is 23.1 Å². The van der Waals surface area contributed by atoms with Crippen LogP contribution in [0.5, 0.6) is 5.75 Å². The van der Waals surface area contributed by atoms with Crippen LogP contribution in [-0.4, -0.2) is 38.5 Å². The van der Waals surface area contributed by atoms with Gasteiger partial charge in [-0.2, -0.15) is 5.26 Å². The van der Waals surface area contributed by atoms with E-state index in [1.54, 1.807) is 14.0 Å². The molecule has 2 heterocycles. The lowest BCUT2D eigenvalue weighted by Crippen LogP contribution is -2.25. The molecule has 0 aliphatic carbocycles. The van der Waals surface area contributed by atoms with Crippen molar-refractivity contribution >= 4 is 50.3 Å². The first kappa shape index (κ1) is 18.0. The maximum atomic E-state index is 12.6. The van der Waals surface area contributed by atoms with Crippen LogP contribution in [0.2, 0.25) is 0 Å². The summed E-state index contributed by atoms with van der Waals surface area (Å²) in [6, 6.07) is 6.85. The van der Waals surface area contributed by atoms with E-state index in [1.165, 1.54) is 27.7 Å². The number of benzene rings is 1. The van der Waals surface area contributed by atoms with Gasteiger partial charge < -0.3 is 15.8 Å². The third-order valence-electron chi connectivity index (χ3n) is 3.55. The monoisotopic (exact) mass is 389 g/mol. The minimum atomic E-state index is -0.659. The highest BCUT2D eigenvalue weighted by atomic mass is 32.2. The molecule has 0 radical (unpaired) electrons. The lowest BCUT2D eigenvalue weighted by molar-refractivity contribution is -0.118. The van der Waals surface area contributed by atoms with E-state index in [4.69, 9.17) is 15.7 Å². The van der Waals surface area contributed by atoms with E-state index >= 15 is 0 Å². The number of fused-ring (bicyclic) bond motifs is 1. The average molecular weight is 389 g/mol. The van der Waals surface area contributed by atoms with E-state index in [-0.39, 0.29) is 17.6 Å². The number of hydrogen-bond donors (Lipinski definition) is 2. The van der Waals surface area contributed by atoms with Crippen molar-refractivity contribution in [3.05, 3.63) is 18.2 Å². The fourth-order valence-electron chi connectivity index (χ4n) is 2.26. The zero-order valence-electron chi connectivity index (χ0n) is 14.0. The normalized spacial score (nSPS) is 11.9. The third-order valence-corrected chi connectivity index (χ3v) is 5.29. The van der Waals surface area contributed by atoms with Crippen molar-refractivity contribution in [1.82, 2.24) is 19.7 Å². The fourth-order valence-corrected chi connectivity index (χ4v) is 3.84. The van der Waals surface area contributed by atoms with Crippen molar-refractivity contribution in [3.8, 4) is 11.8 Å². The second-order valence-corrected chi connectivity index (χ2v) is 7.15. The number of nitrogens with one attached hydrogen (secondary N) is 1. The molecule has 1 aromatic carbocycles. The molecular weight excluding hydrogens is 374 g/mol. The summed E-state index contributed by atoms with van der Waals surface area (Å²) in [6.07, 6.45) is 0. The number of aromatic nitrogens is 4. The summed E-state index contributed by atoms with van der Waals surface area (Å²) in [5.74, 6) is 0.721. The quantitative estimate of drug-likeness (QED) is 0.614. The summed E-state index contributed by atoms with van der Waals surface area (Å²) in [4.78, 5) is 17.0. The van der Waals surface area contributed by atoms with Crippen LogP contribution >= 0.6 is 23.1 Å². The number of carbonyl (C=O) groups is 1. The van der Waals surface area contributed by atoms with Crippen molar-refractivity contribution in [2.75, 3.05) is 23.9 Å². The number of nitrogen functional groups attached to an aromatic ring is 1. The molecule has 0 saturated heterocycles. The van der Waals surface area contributed by atoms with Crippen LogP contribution in [0, 0.1) is 11.3 Å².